The zero-order chi connectivity index (χ0) is 30.7. The molecular weight excluding hydrogens is 536 g/mol. The van der Waals surface area contributed by atoms with Crippen LogP contribution in [0.1, 0.15) is 57.1 Å². The number of aldehydes is 1. The standard InChI is InChI=1S/C31H42N6O5/c1-31(2,3)42-30(41)36-25(19-21-11-6-4-7-12-21)28(40)37-18-16-24(22-13-8-5-9-14-22)26(37)27(39)35-23(20-38)15-10-17-34-29(32)33/h4-9,11-14,20,23-26H,10,15-19H2,1-3H3,(H,35,39)(H,36,41)(H4,32,33,34)/t23-,24+,25+,26-/m0/s1. The first-order valence-electron chi connectivity index (χ1n) is 14.2. The van der Waals surface area contributed by atoms with Gasteiger partial charge in [-0.1, -0.05) is 60.7 Å². The Morgan fingerprint density at radius 3 is 2.29 bits per heavy atom. The lowest BCUT2D eigenvalue weighted by Crippen LogP contribution is -2.56. The van der Waals surface area contributed by atoms with Crippen LogP contribution in [0, 0.1) is 0 Å². The molecule has 6 N–H and O–H groups in total. The van der Waals surface area contributed by atoms with Crippen molar-refractivity contribution in [1.82, 2.24) is 15.5 Å². The van der Waals surface area contributed by atoms with Crippen LogP contribution in [0.5, 0.6) is 0 Å². The van der Waals surface area contributed by atoms with Gasteiger partial charge in [0.05, 0.1) is 6.04 Å². The largest absolute Gasteiger partial charge is 0.444 e. The van der Waals surface area contributed by atoms with Crippen LogP contribution in [0.2, 0.25) is 0 Å². The summed E-state index contributed by atoms with van der Waals surface area (Å²) in [4.78, 5) is 58.0. The van der Waals surface area contributed by atoms with E-state index >= 15 is 0 Å². The van der Waals surface area contributed by atoms with Gasteiger partial charge in [0.15, 0.2) is 5.96 Å². The van der Waals surface area contributed by atoms with Crippen molar-refractivity contribution >= 4 is 30.2 Å². The van der Waals surface area contributed by atoms with E-state index in [9.17, 15) is 19.2 Å². The summed E-state index contributed by atoms with van der Waals surface area (Å²) in [6, 6.07) is 16.2. The number of nitrogens with two attached hydrogens (primary N) is 2. The number of rotatable bonds is 12. The number of nitrogens with one attached hydrogen (secondary N) is 2. The first-order chi connectivity index (χ1) is 20.0. The lowest BCUT2D eigenvalue weighted by molar-refractivity contribution is -0.140. The fourth-order valence-corrected chi connectivity index (χ4v) is 5.07. The van der Waals surface area contributed by atoms with Crippen LogP contribution in [0.4, 0.5) is 4.79 Å². The molecule has 1 aliphatic heterocycles. The molecule has 1 saturated heterocycles. The Bertz CT molecular complexity index is 1230. The van der Waals surface area contributed by atoms with Crippen LogP contribution < -0.4 is 22.1 Å². The molecule has 0 unspecified atom stereocenters. The molecule has 0 saturated carbocycles. The Labute approximate surface area is 247 Å². The summed E-state index contributed by atoms with van der Waals surface area (Å²) in [5, 5.41) is 5.55. The molecule has 11 heteroatoms. The number of hydrogen-bond acceptors (Lipinski definition) is 6. The van der Waals surface area contributed by atoms with Gasteiger partial charge in [0.25, 0.3) is 0 Å². The first kappa shape index (κ1) is 32.1. The topological polar surface area (TPSA) is 169 Å². The van der Waals surface area contributed by atoms with Crippen molar-refractivity contribution < 1.29 is 23.9 Å². The van der Waals surface area contributed by atoms with Gasteiger partial charge in [-0.15, -0.1) is 0 Å². The van der Waals surface area contributed by atoms with E-state index in [1.807, 2.05) is 60.7 Å². The maximum Gasteiger partial charge on any atom is 0.408 e. The molecule has 226 valence electrons. The van der Waals surface area contributed by atoms with E-state index in [4.69, 9.17) is 16.2 Å². The third-order valence-corrected chi connectivity index (χ3v) is 6.91. The Balaban J connectivity index is 1.88. The summed E-state index contributed by atoms with van der Waals surface area (Å²) in [5.74, 6) is -1.19. The fourth-order valence-electron chi connectivity index (χ4n) is 5.07. The summed E-state index contributed by atoms with van der Waals surface area (Å²) < 4.78 is 5.45. The number of hydrogen-bond donors (Lipinski definition) is 4. The zero-order valence-corrected chi connectivity index (χ0v) is 24.5. The molecule has 2 aromatic carbocycles. The summed E-state index contributed by atoms with van der Waals surface area (Å²) in [6.07, 6.45) is 1.51. The van der Waals surface area contributed by atoms with Crippen molar-refractivity contribution in [3.05, 3.63) is 71.8 Å². The van der Waals surface area contributed by atoms with Gasteiger partial charge in [-0.2, -0.15) is 0 Å². The molecule has 4 atom stereocenters. The molecule has 1 heterocycles. The molecule has 2 aromatic rings. The van der Waals surface area contributed by atoms with Gasteiger partial charge >= 0.3 is 6.09 Å². The number of ether oxygens (including phenoxy) is 1. The normalized spacial score (nSPS) is 17.9. The van der Waals surface area contributed by atoms with Crippen LogP contribution in [0.25, 0.3) is 0 Å². The predicted molar refractivity (Wildman–Crippen MR) is 161 cm³/mol. The second-order valence-electron chi connectivity index (χ2n) is 11.4. The molecule has 42 heavy (non-hydrogen) atoms. The summed E-state index contributed by atoms with van der Waals surface area (Å²) in [7, 11) is 0. The number of likely N-dealkylation sites (tertiary alicyclic amines) is 1. The van der Waals surface area contributed by atoms with Gasteiger partial charge < -0.3 is 36.5 Å². The lowest BCUT2D eigenvalue weighted by Gasteiger charge is -2.32. The molecule has 3 amide bonds. The van der Waals surface area contributed by atoms with E-state index in [-0.39, 0.29) is 18.3 Å². The Kier molecular flexibility index (Phi) is 11.5. The maximum absolute atomic E-state index is 14.1. The predicted octanol–water partition coefficient (Wildman–Crippen LogP) is 2.24. The average molecular weight is 579 g/mol. The van der Waals surface area contributed by atoms with Gasteiger partial charge in [0.2, 0.25) is 11.8 Å². The van der Waals surface area contributed by atoms with E-state index in [2.05, 4.69) is 15.6 Å². The molecular formula is C31H42N6O5. The monoisotopic (exact) mass is 578 g/mol. The highest BCUT2D eigenvalue weighted by Gasteiger charge is 2.45. The second kappa shape index (κ2) is 15.0. The molecule has 0 spiro atoms. The highest BCUT2D eigenvalue weighted by atomic mass is 16.6. The number of guanidine groups is 1. The number of aliphatic imine (C=N–C) groups is 1. The lowest BCUT2D eigenvalue weighted by atomic mass is 9.90. The van der Waals surface area contributed by atoms with E-state index in [1.165, 1.54) is 4.90 Å². The number of nitrogens with zero attached hydrogens (tertiary/aromatic N) is 2. The number of carbonyl (C=O) groups excluding carboxylic acids is 4. The van der Waals surface area contributed by atoms with Gasteiger partial charge in [-0.05, 0) is 51.2 Å². The smallest absolute Gasteiger partial charge is 0.408 e. The van der Waals surface area contributed by atoms with Crippen molar-refractivity contribution in [3.8, 4) is 0 Å². The maximum atomic E-state index is 14.1. The minimum Gasteiger partial charge on any atom is -0.444 e. The van der Waals surface area contributed by atoms with Crippen molar-refractivity contribution in [2.45, 2.75) is 76.1 Å². The van der Waals surface area contributed by atoms with E-state index in [0.717, 1.165) is 11.1 Å². The van der Waals surface area contributed by atoms with Gasteiger partial charge in [-0.3, -0.25) is 14.6 Å². The molecule has 1 aliphatic rings. The van der Waals surface area contributed by atoms with Crippen LogP contribution in [0.3, 0.4) is 0 Å². The third-order valence-electron chi connectivity index (χ3n) is 6.91. The molecule has 0 aromatic heterocycles. The van der Waals surface area contributed by atoms with Gasteiger partial charge in [0, 0.05) is 25.4 Å². The number of benzene rings is 2. The van der Waals surface area contributed by atoms with Crippen LogP contribution in [-0.2, 0) is 25.5 Å². The number of amides is 3. The molecule has 3 rings (SSSR count). The molecule has 11 nitrogen and oxygen atoms in total. The highest BCUT2D eigenvalue weighted by Crippen LogP contribution is 2.34. The van der Waals surface area contributed by atoms with Crippen molar-refractivity contribution in [2.75, 3.05) is 13.1 Å². The summed E-state index contributed by atoms with van der Waals surface area (Å²) >= 11 is 0. The van der Waals surface area contributed by atoms with Crippen LogP contribution >= 0.6 is 0 Å². The minimum atomic E-state index is -0.978. The number of alkyl carbamates (subject to hydrolysis) is 1. The summed E-state index contributed by atoms with van der Waals surface area (Å²) in [5.41, 5.74) is 11.7. The van der Waals surface area contributed by atoms with E-state index in [1.54, 1.807) is 20.8 Å². The zero-order valence-electron chi connectivity index (χ0n) is 24.5. The van der Waals surface area contributed by atoms with Crippen LogP contribution in [-0.4, -0.2) is 71.9 Å². The molecule has 1 fully saturated rings. The Morgan fingerprint density at radius 2 is 1.69 bits per heavy atom. The van der Waals surface area contributed by atoms with Crippen molar-refractivity contribution in [3.63, 3.8) is 0 Å². The molecule has 0 bridgehead atoms. The summed E-state index contributed by atoms with van der Waals surface area (Å²) in [6.45, 7) is 5.85. The SMILES string of the molecule is CC(C)(C)OC(=O)N[C@H](Cc1ccccc1)C(=O)N1CC[C@H](c2ccccc2)[C@H]1C(=O)N[C@H](C=O)CCCN=C(N)N. The molecule has 0 aliphatic carbocycles. The van der Waals surface area contributed by atoms with Crippen LogP contribution in [0.15, 0.2) is 65.7 Å². The third kappa shape index (κ3) is 9.60. The second-order valence-corrected chi connectivity index (χ2v) is 11.4. The van der Waals surface area contributed by atoms with Gasteiger partial charge in [0.1, 0.15) is 24.0 Å². The van der Waals surface area contributed by atoms with E-state index in [0.29, 0.717) is 38.6 Å². The Morgan fingerprint density at radius 1 is 1.05 bits per heavy atom. The fraction of sp³-hybridized carbons (Fsp3) is 0.452. The quantitative estimate of drug-likeness (QED) is 0.130. The molecule has 0 radical (unpaired) electrons. The first-order valence-corrected chi connectivity index (χ1v) is 14.2. The minimum absolute atomic E-state index is 0.0439. The Hall–Kier alpha value is -4.41. The van der Waals surface area contributed by atoms with Crippen molar-refractivity contribution in [2.24, 2.45) is 16.5 Å². The van der Waals surface area contributed by atoms with Gasteiger partial charge in [-0.25, -0.2) is 4.79 Å². The van der Waals surface area contributed by atoms with Crippen molar-refractivity contribution in [1.29, 1.82) is 0 Å². The van der Waals surface area contributed by atoms with E-state index < -0.39 is 41.6 Å². The average Bonchev–Trinajstić information content (AvgIpc) is 3.39. The highest BCUT2D eigenvalue weighted by molar-refractivity contribution is 5.93. The number of carbonyl (C=O) groups is 4.